The molecule has 4 heteroatoms. The van der Waals surface area contributed by atoms with Crippen LogP contribution in [0.5, 0.6) is 0 Å². The Hall–Kier alpha value is -1.74. The minimum absolute atomic E-state index is 0.308. The number of oxazole rings is 1. The molecule has 0 spiro atoms. The van der Waals surface area contributed by atoms with Gasteiger partial charge in [-0.2, -0.15) is 0 Å². The summed E-state index contributed by atoms with van der Waals surface area (Å²) in [6.45, 7) is 0. The maximum absolute atomic E-state index is 5.76. The number of halogens is 1. The number of para-hydroxylation sites is 1. The molecular formula is C12H8ClNO2. The van der Waals surface area contributed by atoms with Gasteiger partial charge >= 0.3 is 0 Å². The van der Waals surface area contributed by atoms with Crippen LogP contribution in [0.25, 0.3) is 22.5 Å². The zero-order chi connectivity index (χ0) is 11.0. The van der Waals surface area contributed by atoms with Crippen molar-refractivity contribution in [1.82, 2.24) is 4.98 Å². The van der Waals surface area contributed by atoms with Crippen LogP contribution in [0.3, 0.4) is 0 Å². The summed E-state index contributed by atoms with van der Waals surface area (Å²) in [5.41, 5.74) is 1.52. The lowest BCUT2D eigenvalue weighted by Gasteiger charge is -1.91. The van der Waals surface area contributed by atoms with E-state index in [0.717, 1.165) is 11.0 Å². The van der Waals surface area contributed by atoms with E-state index in [1.165, 1.54) is 6.39 Å². The Morgan fingerprint density at radius 3 is 2.94 bits per heavy atom. The third-order valence-electron chi connectivity index (χ3n) is 2.42. The quantitative estimate of drug-likeness (QED) is 0.632. The Morgan fingerprint density at radius 1 is 1.25 bits per heavy atom. The molecule has 3 rings (SSSR count). The molecule has 0 saturated carbocycles. The lowest BCUT2D eigenvalue weighted by Crippen LogP contribution is -1.79. The van der Waals surface area contributed by atoms with Crippen LogP contribution in [-0.2, 0) is 5.88 Å². The Kier molecular flexibility index (Phi) is 2.18. The molecule has 3 aromatic rings. The summed E-state index contributed by atoms with van der Waals surface area (Å²) in [6, 6.07) is 9.71. The zero-order valence-electron chi connectivity index (χ0n) is 8.31. The lowest BCUT2D eigenvalue weighted by atomic mass is 10.2. The topological polar surface area (TPSA) is 39.2 Å². The van der Waals surface area contributed by atoms with Gasteiger partial charge < -0.3 is 8.83 Å². The maximum atomic E-state index is 5.76. The number of furan rings is 1. The van der Waals surface area contributed by atoms with E-state index in [1.54, 1.807) is 0 Å². The van der Waals surface area contributed by atoms with Crippen molar-refractivity contribution in [2.24, 2.45) is 0 Å². The SMILES string of the molecule is ClCc1ncoc1-c1cc2ccccc2o1. The molecule has 0 N–H and O–H groups in total. The Labute approximate surface area is 96.6 Å². The Morgan fingerprint density at radius 2 is 2.12 bits per heavy atom. The number of hydrogen-bond acceptors (Lipinski definition) is 3. The van der Waals surface area contributed by atoms with E-state index in [4.69, 9.17) is 20.4 Å². The predicted molar refractivity (Wildman–Crippen MR) is 61.3 cm³/mol. The third-order valence-corrected chi connectivity index (χ3v) is 2.67. The van der Waals surface area contributed by atoms with Crippen molar-refractivity contribution in [3.05, 3.63) is 42.4 Å². The minimum atomic E-state index is 0.308. The van der Waals surface area contributed by atoms with Gasteiger partial charge in [-0.25, -0.2) is 4.98 Å². The molecule has 2 heterocycles. The highest BCUT2D eigenvalue weighted by Gasteiger charge is 2.14. The molecule has 16 heavy (non-hydrogen) atoms. The molecule has 0 aliphatic rings. The second-order valence-electron chi connectivity index (χ2n) is 3.41. The van der Waals surface area contributed by atoms with Crippen LogP contribution >= 0.6 is 11.6 Å². The van der Waals surface area contributed by atoms with E-state index in [1.807, 2.05) is 30.3 Å². The van der Waals surface area contributed by atoms with E-state index in [9.17, 15) is 0 Å². The van der Waals surface area contributed by atoms with Crippen molar-refractivity contribution in [3.63, 3.8) is 0 Å². The average Bonchev–Trinajstić information content (AvgIpc) is 2.94. The second-order valence-corrected chi connectivity index (χ2v) is 3.68. The molecule has 0 aliphatic carbocycles. The number of alkyl halides is 1. The number of benzene rings is 1. The fraction of sp³-hybridized carbons (Fsp3) is 0.0833. The first-order valence-electron chi connectivity index (χ1n) is 4.86. The van der Waals surface area contributed by atoms with Crippen LogP contribution in [0, 0.1) is 0 Å². The van der Waals surface area contributed by atoms with E-state index in [2.05, 4.69) is 4.98 Å². The molecule has 0 fully saturated rings. The minimum Gasteiger partial charge on any atom is -0.453 e. The third kappa shape index (κ3) is 1.41. The van der Waals surface area contributed by atoms with Gasteiger partial charge in [0.15, 0.2) is 17.9 Å². The fourth-order valence-electron chi connectivity index (χ4n) is 1.66. The van der Waals surface area contributed by atoms with Crippen LogP contribution in [0.1, 0.15) is 5.69 Å². The molecule has 0 radical (unpaired) electrons. The highest BCUT2D eigenvalue weighted by Crippen LogP contribution is 2.30. The van der Waals surface area contributed by atoms with E-state index >= 15 is 0 Å². The van der Waals surface area contributed by atoms with Crippen molar-refractivity contribution in [1.29, 1.82) is 0 Å². The number of fused-ring (bicyclic) bond motifs is 1. The monoisotopic (exact) mass is 233 g/mol. The summed E-state index contributed by atoms with van der Waals surface area (Å²) in [6.07, 6.45) is 1.38. The Balaban J connectivity index is 2.19. The fourth-order valence-corrected chi connectivity index (χ4v) is 1.85. The number of nitrogens with zero attached hydrogens (tertiary/aromatic N) is 1. The summed E-state index contributed by atoms with van der Waals surface area (Å²) >= 11 is 5.76. The summed E-state index contributed by atoms with van der Waals surface area (Å²) in [4.78, 5) is 4.02. The molecule has 3 nitrogen and oxygen atoms in total. The Bertz CT molecular complexity index is 594. The summed E-state index contributed by atoms with van der Waals surface area (Å²) in [7, 11) is 0. The van der Waals surface area contributed by atoms with Crippen LogP contribution in [0.15, 0.2) is 45.6 Å². The second kappa shape index (κ2) is 3.68. The van der Waals surface area contributed by atoms with Crippen LogP contribution < -0.4 is 0 Å². The van der Waals surface area contributed by atoms with Gasteiger partial charge in [0.05, 0.1) is 5.88 Å². The zero-order valence-corrected chi connectivity index (χ0v) is 9.07. The highest BCUT2D eigenvalue weighted by molar-refractivity contribution is 6.17. The van der Waals surface area contributed by atoms with Gasteiger partial charge in [-0.05, 0) is 12.1 Å². The highest BCUT2D eigenvalue weighted by atomic mass is 35.5. The molecule has 0 unspecified atom stereocenters. The van der Waals surface area contributed by atoms with Crippen molar-refractivity contribution in [2.75, 3.05) is 0 Å². The van der Waals surface area contributed by atoms with Gasteiger partial charge in [-0.3, -0.25) is 0 Å². The predicted octanol–water partition coefficient (Wildman–Crippen LogP) is 3.83. The average molecular weight is 234 g/mol. The lowest BCUT2D eigenvalue weighted by molar-refractivity contribution is 0.536. The first kappa shape index (κ1) is 9.48. The molecule has 0 amide bonds. The number of hydrogen-bond donors (Lipinski definition) is 0. The van der Waals surface area contributed by atoms with Crippen LogP contribution in [0.2, 0.25) is 0 Å². The first-order valence-corrected chi connectivity index (χ1v) is 5.39. The van der Waals surface area contributed by atoms with Gasteiger partial charge in [0, 0.05) is 5.39 Å². The number of rotatable bonds is 2. The van der Waals surface area contributed by atoms with E-state index < -0.39 is 0 Å². The van der Waals surface area contributed by atoms with E-state index in [0.29, 0.717) is 23.1 Å². The van der Waals surface area contributed by atoms with Gasteiger partial charge in [-0.1, -0.05) is 18.2 Å². The van der Waals surface area contributed by atoms with Crippen molar-refractivity contribution in [3.8, 4) is 11.5 Å². The van der Waals surface area contributed by atoms with Crippen molar-refractivity contribution < 1.29 is 8.83 Å². The first-order chi connectivity index (χ1) is 7.88. The molecule has 0 aliphatic heterocycles. The normalized spacial score (nSPS) is 11.1. The maximum Gasteiger partial charge on any atom is 0.194 e. The molecule has 0 atom stereocenters. The van der Waals surface area contributed by atoms with Gasteiger partial charge in [0.25, 0.3) is 0 Å². The largest absolute Gasteiger partial charge is 0.453 e. The summed E-state index contributed by atoms with van der Waals surface area (Å²) in [5.74, 6) is 1.57. The smallest absolute Gasteiger partial charge is 0.194 e. The van der Waals surface area contributed by atoms with Crippen molar-refractivity contribution in [2.45, 2.75) is 5.88 Å². The molecular weight excluding hydrogens is 226 g/mol. The number of aromatic nitrogens is 1. The molecule has 0 bridgehead atoms. The molecule has 0 saturated heterocycles. The van der Waals surface area contributed by atoms with Gasteiger partial charge in [0.2, 0.25) is 0 Å². The van der Waals surface area contributed by atoms with Crippen LogP contribution in [0.4, 0.5) is 0 Å². The molecule has 80 valence electrons. The van der Waals surface area contributed by atoms with E-state index in [-0.39, 0.29) is 0 Å². The van der Waals surface area contributed by atoms with Crippen molar-refractivity contribution >= 4 is 22.6 Å². The summed E-state index contributed by atoms with van der Waals surface area (Å²) < 4.78 is 10.9. The summed E-state index contributed by atoms with van der Waals surface area (Å²) in [5, 5.41) is 1.04. The molecule has 1 aromatic carbocycles. The standard InChI is InChI=1S/C12H8ClNO2/c13-6-9-12(15-7-14-9)11-5-8-3-1-2-4-10(8)16-11/h1-5,7H,6H2. The van der Waals surface area contributed by atoms with Gasteiger partial charge in [0.1, 0.15) is 11.3 Å². The van der Waals surface area contributed by atoms with Crippen LogP contribution in [-0.4, -0.2) is 4.98 Å². The van der Waals surface area contributed by atoms with Gasteiger partial charge in [-0.15, -0.1) is 11.6 Å². The molecule has 2 aromatic heterocycles.